The van der Waals surface area contributed by atoms with Gasteiger partial charge in [0.25, 0.3) is 0 Å². The Labute approximate surface area is 102 Å². The predicted molar refractivity (Wildman–Crippen MR) is 61.2 cm³/mol. The summed E-state index contributed by atoms with van der Waals surface area (Å²) >= 11 is 5.94. The number of halogens is 3. The van der Waals surface area contributed by atoms with Crippen LogP contribution in [0.3, 0.4) is 0 Å². The first-order chi connectivity index (χ1) is 8.13. The molecule has 0 radical (unpaired) electrons. The summed E-state index contributed by atoms with van der Waals surface area (Å²) in [6.45, 7) is 0. The van der Waals surface area contributed by atoms with Crippen molar-refractivity contribution in [2.24, 2.45) is 0 Å². The fraction of sp³-hybridized carbons (Fsp3) is 0.0833. The van der Waals surface area contributed by atoms with Crippen LogP contribution in [0.25, 0.3) is 11.3 Å². The van der Waals surface area contributed by atoms with Crippen molar-refractivity contribution in [1.82, 2.24) is 4.98 Å². The van der Waals surface area contributed by atoms with Gasteiger partial charge in [-0.25, -0.2) is 8.78 Å². The van der Waals surface area contributed by atoms with Crippen LogP contribution in [0.4, 0.5) is 8.78 Å². The Morgan fingerprint density at radius 1 is 1.29 bits per heavy atom. The Morgan fingerprint density at radius 3 is 2.71 bits per heavy atom. The number of rotatable bonds is 2. The lowest BCUT2D eigenvalue weighted by Crippen LogP contribution is -1.93. The van der Waals surface area contributed by atoms with Crippen LogP contribution >= 0.6 is 11.6 Å². The van der Waals surface area contributed by atoms with Crippen LogP contribution in [0.15, 0.2) is 30.5 Å². The van der Waals surface area contributed by atoms with Crippen molar-refractivity contribution >= 4 is 11.6 Å². The molecular formula is C12H8ClF2NO. The summed E-state index contributed by atoms with van der Waals surface area (Å²) in [5, 5.41) is 0.203. The molecule has 0 saturated carbocycles. The van der Waals surface area contributed by atoms with Gasteiger partial charge in [-0.15, -0.1) is 0 Å². The van der Waals surface area contributed by atoms with Gasteiger partial charge in [0, 0.05) is 11.6 Å². The number of hydrogen-bond acceptors (Lipinski definition) is 2. The zero-order valence-electron chi connectivity index (χ0n) is 8.88. The quantitative estimate of drug-likeness (QED) is 0.817. The maximum absolute atomic E-state index is 13.5. The zero-order chi connectivity index (χ0) is 12.4. The molecule has 1 aromatic heterocycles. The van der Waals surface area contributed by atoms with Gasteiger partial charge in [-0.2, -0.15) is 0 Å². The van der Waals surface area contributed by atoms with Crippen molar-refractivity contribution < 1.29 is 13.5 Å². The molecule has 0 unspecified atom stereocenters. The van der Waals surface area contributed by atoms with Crippen LogP contribution in [0.1, 0.15) is 0 Å². The van der Waals surface area contributed by atoms with Crippen LogP contribution in [-0.4, -0.2) is 12.1 Å². The largest absolute Gasteiger partial charge is 0.495 e. The van der Waals surface area contributed by atoms with E-state index in [0.29, 0.717) is 5.75 Å². The van der Waals surface area contributed by atoms with E-state index < -0.39 is 11.6 Å². The summed E-state index contributed by atoms with van der Waals surface area (Å²) in [4.78, 5) is 3.96. The van der Waals surface area contributed by atoms with Crippen LogP contribution < -0.4 is 4.74 Å². The lowest BCUT2D eigenvalue weighted by molar-refractivity contribution is 0.413. The van der Waals surface area contributed by atoms with E-state index in [1.165, 1.54) is 31.5 Å². The number of methoxy groups -OCH3 is 1. The topological polar surface area (TPSA) is 22.1 Å². The normalized spacial score (nSPS) is 10.4. The average Bonchev–Trinajstić information content (AvgIpc) is 2.33. The van der Waals surface area contributed by atoms with Crippen molar-refractivity contribution in [3.63, 3.8) is 0 Å². The van der Waals surface area contributed by atoms with Gasteiger partial charge >= 0.3 is 0 Å². The van der Waals surface area contributed by atoms with Gasteiger partial charge in [0.2, 0.25) is 0 Å². The van der Waals surface area contributed by atoms with Gasteiger partial charge in [-0.1, -0.05) is 17.7 Å². The van der Waals surface area contributed by atoms with E-state index in [0.717, 1.165) is 6.07 Å². The molecule has 17 heavy (non-hydrogen) atoms. The predicted octanol–water partition coefficient (Wildman–Crippen LogP) is 3.69. The lowest BCUT2D eigenvalue weighted by atomic mass is 10.1. The second kappa shape index (κ2) is 4.67. The molecule has 0 fully saturated rings. The van der Waals surface area contributed by atoms with E-state index in [1.54, 1.807) is 0 Å². The van der Waals surface area contributed by atoms with Gasteiger partial charge in [0.15, 0.2) is 11.6 Å². The first kappa shape index (κ1) is 11.8. The van der Waals surface area contributed by atoms with Gasteiger partial charge in [0.1, 0.15) is 5.75 Å². The molecule has 2 aromatic rings. The summed E-state index contributed by atoms with van der Waals surface area (Å²) < 4.78 is 31.5. The monoisotopic (exact) mass is 255 g/mol. The van der Waals surface area contributed by atoms with Crippen LogP contribution in [0.2, 0.25) is 5.02 Å². The third kappa shape index (κ3) is 2.22. The molecule has 0 bridgehead atoms. The van der Waals surface area contributed by atoms with E-state index >= 15 is 0 Å². The Hall–Kier alpha value is -1.68. The van der Waals surface area contributed by atoms with Gasteiger partial charge in [-0.3, -0.25) is 4.98 Å². The molecule has 0 atom stereocenters. The van der Waals surface area contributed by atoms with Gasteiger partial charge in [0.05, 0.1) is 24.0 Å². The average molecular weight is 256 g/mol. The zero-order valence-corrected chi connectivity index (χ0v) is 9.63. The molecule has 0 aliphatic carbocycles. The van der Waals surface area contributed by atoms with E-state index in [9.17, 15) is 8.78 Å². The third-order valence-electron chi connectivity index (χ3n) is 2.26. The highest BCUT2D eigenvalue weighted by molar-refractivity contribution is 6.33. The van der Waals surface area contributed by atoms with Gasteiger partial charge < -0.3 is 4.74 Å². The summed E-state index contributed by atoms with van der Waals surface area (Å²) in [6, 6.07) is 5.35. The fourth-order valence-corrected chi connectivity index (χ4v) is 1.68. The third-order valence-corrected chi connectivity index (χ3v) is 2.55. The van der Waals surface area contributed by atoms with Crippen molar-refractivity contribution in [2.75, 3.05) is 7.11 Å². The molecular weight excluding hydrogens is 248 g/mol. The lowest BCUT2D eigenvalue weighted by Gasteiger charge is -2.07. The molecule has 0 aliphatic rings. The fourth-order valence-electron chi connectivity index (χ4n) is 1.42. The molecule has 5 heteroatoms. The van der Waals surface area contributed by atoms with E-state index in [2.05, 4.69) is 4.98 Å². The van der Waals surface area contributed by atoms with Crippen molar-refractivity contribution in [1.29, 1.82) is 0 Å². The van der Waals surface area contributed by atoms with Gasteiger partial charge in [-0.05, 0) is 12.1 Å². The second-order valence-electron chi connectivity index (χ2n) is 3.31. The Kier molecular flexibility index (Phi) is 3.24. The molecule has 1 heterocycles. The molecule has 2 rings (SSSR count). The minimum Gasteiger partial charge on any atom is -0.495 e. The number of nitrogens with zero attached hydrogens (tertiary/aromatic N) is 1. The summed E-state index contributed by atoms with van der Waals surface area (Å²) in [5.74, 6) is -1.45. The van der Waals surface area contributed by atoms with Crippen LogP contribution in [0, 0.1) is 11.6 Å². The Bertz CT molecular complexity index is 560. The molecule has 0 saturated heterocycles. The second-order valence-corrected chi connectivity index (χ2v) is 3.71. The molecule has 0 N–H and O–H groups in total. The first-order valence-corrected chi connectivity index (χ1v) is 5.15. The van der Waals surface area contributed by atoms with Crippen molar-refractivity contribution in [3.8, 4) is 17.0 Å². The maximum atomic E-state index is 13.5. The summed E-state index contributed by atoms with van der Waals surface area (Å²) in [7, 11) is 1.47. The van der Waals surface area contributed by atoms with E-state index in [4.69, 9.17) is 16.3 Å². The van der Waals surface area contributed by atoms with Crippen molar-refractivity contribution in [2.45, 2.75) is 0 Å². The van der Waals surface area contributed by atoms with Crippen LogP contribution in [0.5, 0.6) is 5.75 Å². The molecule has 1 aromatic carbocycles. The summed E-state index contributed by atoms with van der Waals surface area (Å²) in [6.07, 6.45) is 1.39. The van der Waals surface area contributed by atoms with Crippen molar-refractivity contribution in [3.05, 3.63) is 47.1 Å². The number of hydrogen-bond donors (Lipinski definition) is 0. The number of benzene rings is 1. The SMILES string of the molecule is COc1cnc(-c2cccc(F)c2F)c(Cl)c1. The standard InChI is InChI=1S/C12H8ClF2NO/c1-17-7-5-9(13)12(16-6-7)8-3-2-4-10(14)11(8)15/h2-6H,1H3. The maximum Gasteiger partial charge on any atom is 0.168 e. The number of ether oxygens (including phenoxy) is 1. The van der Waals surface area contributed by atoms with E-state index in [-0.39, 0.29) is 16.3 Å². The Morgan fingerprint density at radius 2 is 2.06 bits per heavy atom. The van der Waals surface area contributed by atoms with Crippen LogP contribution in [-0.2, 0) is 0 Å². The number of pyridine rings is 1. The molecule has 0 amide bonds. The minimum atomic E-state index is -0.966. The number of aromatic nitrogens is 1. The molecule has 0 spiro atoms. The molecule has 88 valence electrons. The summed E-state index contributed by atoms with van der Waals surface area (Å²) in [5.41, 5.74) is 0.210. The highest BCUT2D eigenvalue weighted by Crippen LogP contribution is 2.30. The highest BCUT2D eigenvalue weighted by atomic mass is 35.5. The molecule has 2 nitrogen and oxygen atoms in total. The molecule has 0 aliphatic heterocycles. The van der Waals surface area contributed by atoms with E-state index in [1.807, 2.05) is 0 Å². The minimum absolute atomic E-state index is 0.0256. The first-order valence-electron chi connectivity index (χ1n) is 4.77. The smallest absolute Gasteiger partial charge is 0.168 e. The Balaban J connectivity index is 2.57. The highest BCUT2D eigenvalue weighted by Gasteiger charge is 2.14.